The second kappa shape index (κ2) is 7.09. The average molecular weight is 342 g/mol. The van der Waals surface area contributed by atoms with E-state index in [1.165, 1.54) is 0 Å². The van der Waals surface area contributed by atoms with E-state index < -0.39 is 0 Å². The third kappa shape index (κ3) is 3.96. The summed E-state index contributed by atoms with van der Waals surface area (Å²) < 4.78 is 11.2. The van der Waals surface area contributed by atoms with E-state index in [2.05, 4.69) is 15.9 Å². The molecule has 4 nitrogen and oxygen atoms in total. The molecular formula is C15H20BrNO3. The lowest BCUT2D eigenvalue weighted by Gasteiger charge is -2.32. The molecule has 1 unspecified atom stereocenters. The molecule has 1 fully saturated rings. The summed E-state index contributed by atoms with van der Waals surface area (Å²) in [6.07, 6.45) is 0.171. The lowest BCUT2D eigenvalue weighted by atomic mass is 10.1. The topological polar surface area (TPSA) is 38.8 Å². The van der Waals surface area contributed by atoms with E-state index in [1.54, 1.807) is 6.07 Å². The number of morpholine rings is 1. The molecule has 1 heterocycles. The average Bonchev–Trinajstić information content (AvgIpc) is 2.46. The first-order chi connectivity index (χ1) is 9.60. The number of nitrogens with zero attached hydrogens (tertiary/aromatic N) is 1. The lowest BCUT2D eigenvalue weighted by molar-refractivity contribution is -0.00966. The highest BCUT2D eigenvalue weighted by molar-refractivity contribution is 9.09. The van der Waals surface area contributed by atoms with Crippen LogP contribution >= 0.6 is 15.9 Å². The van der Waals surface area contributed by atoms with Crippen molar-refractivity contribution in [3.05, 3.63) is 29.8 Å². The Hall–Kier alpha value is -1.07. The third-order valence-electron chi connectivity index (χ3n) is 3.05. The fourth-order valence-corrected chi connectivity index (χ4v) is 2.55. The van der Waals surface area contributed by atoms with Gasteiger partial charge in [-0.1, -0.05) is 22.0 Å². The van der Waals surface area contributed by atoms with Gasteiger partial charge in [-0.3, -0.25) is 4.79 Å². The summed E-state index contributed by atoms with van der Waals surface area (Å²) in [5.74, 6) is 0.768. The molecule has 1 saturated heterocycles. The lowest BCUT2D eigenvalue weighted by Crippen LogP contribution is -2.46. The van der Waals surface area contributed by atoms with Crippen LogP contribution in [0.15, 0.2) is 24.3 Å². The Labute approximate surface area is 128 Å². The van der Waals surface area contributed by atoms with Gasteiger partial charge in [0.1, 0.15) is 5.75 Å². The Morgan fingerprint density at radius 1 is 1.55 bits per heavy atom. The molecule has 0 aliphatic carbocycles. The molecule has 0 N–H and O–H groups in total. The smallest absolute Gasteiger partial charge is 0.254 e. The maximum atomic E-state index is 12.5. The van der Waals surface area contributed by atoms with E-state index in [0.29, 0.717) is 25.3 Å². The first-order valence-corrected chi connectivity index (χ1v) is 7.96. The van der Waals surface area contributed by atoms with Crippen LogP contribution in [0.3, 0.4) is 0 Å². The van der Waals surface area contributed by atoms with Gasteiger partial charge in [-0.2, -0.15) is 0 Å². The Morgan fingerprint density at radius 2 is 2.35 bits per heavy atom. The summed E-state index contributed by atoms with van der Waals surface area (Å²) in [5, 5.41) is 0.743. The summed E-state index contributed by atoms with van der Waals surface area (Å²) in [4.78, 5) is 14.3. The molecule has 110 valence electrons. The van der Waals surface area contributed by atoms with Gasteiger partial charge in [0.25, 0.3) is 5.91 Å². The second-order valence-corrected chi connectivity index (χ2v) is 5.74. The van der Waals surface area contributed by atoms with Gasteiger partial charge in [0.15, 0.2) is 0 Å². The van der Waals surface area contributed by atoms with Crippen molar-refractivity contribution in [3.8, 4) is 5.75 Å². The molecular weight excluding hydrogens is 322 g/mol. The van der Waals surface area contributed by atoms with Gasteiger partial charge < -0.3 is 14.4 Å². The number of hydrogen-bond donors (Lipinski definition) is 0. The van der Waals surface area contributed by atoms with Gasteiger partial charge in [-0.25, -0.2) is 0 Å². The standard InChI is InChI=1S/C15H20BrNO3/c1-11(2)20-13-5-3-4-12(8-13)15(18)17-6-7-19-14(9-16)10-17/h3-5,8,11,14H,6-7,9-10H2,1-2H3. The Balaban J connectivity index is 2.08. The molecule has 1 aliphatic rings. The molecule has 0 saturated carbocycles. The number of carbonyl (C=O) groups is 1. The number of benzene rings is 1. The van der Waals surface area contributed by atoms with Crippen LogP contribution in [0.1, 0.15) is 24.2 Å². The number of carbonyl (C=O) groups excluding carboxylic acids is 1. The quantitative estimate of drug-likeness (QED) is 0.790. The van der Waals surface area contributed by atoms with E-state index in [-0.39, 0.29) is 18.1 Å². The maximum Gasteiger partial charge on any atom is 0.254 e. The van der Waals surface area contributed by atoms with Gasteiger partial charge in [-0.05, 0) is 32.0 Å². The molecule has 1 aromatic carbocycles. The molecule has 1 atom stereocenters. The highest BCUT2D eigenvalue weighted by Gasteiger charge is 2.24. The van der Waals surface area contributed by atoms with Gasteiger partial charge in [0.05, 0.1) is 18.8 Å². The van der Waals surface area contributed by atoms with E-state index in [1.807, 2.05) is 36.9 Å². The molecule has 1 aromatic rings. The molecule has 0 aromatic heterocycles. The first-order valence-electron chi connectivity index (χ1n) is 6.83. The van der Waals surface area contributed by atoms with Crippen LogP contribution in [-0.4, -0.2) is 48.0 Å². The van der Waals surface area contributed by atoms with Crippen LogP contribution in [0.5, 0.6) is 5.75 Å². The molecule has 0 bridgehead atoms. The van der Waals surface area contributed by atoms with Crippen LogP contribution in [0.2, 0.25) is 0 Å². The number of ether oxygens (including phenoxy) is 2. The van der Waals surface area contributed by atoms with Crippen LogP contribution in [0, 0.1) is 0 Å². The Kier molecular flexibility index (Phi) is 5.43. The molecule has 0 radical (unpaired) electrons. The zero-order chi connectivity index (χ0) is 14.5. The van der Waals surface area contributed by atoms with E-state index >= 15 is 0 Å². The van der Waals surface area contributed by atoms with Gasteiger partial charge in [0, 0.05) is 24.0 Å². The number of amides is 1. The normalized spacial score (nSPS) is 19.2. The number of rotatable bonds is 4. The SMILES string of the molecule is CC(C)Oc1cccc(C(=O)N2CCOC(CBr)C2)c1. The minimum atomic E-state index is 0.0356. The first kappa shape index (κ1) is 15.3. The Morgan fingerprint density at radius 3 is 3.05 bits per heavy atom. The summed E-state index contributed by atoms with van der Waals surface area (Å²) in [6, 6.07) is 7.36. The summed E-state index contributed by atoms with van der Waals surface area (Å²) in [7, 11) is 0. The highest BCUT2D eigenvalue weighted by Crippen LogP contribution is 2.18. The van der Waals surface area contributed by atoms with Crippen LogP contribution < -0.4 is 4.74 Å². The van der Waals surface area contributed by atoms with Crippen molar-refractivity contribution in [2.45, 2.75) is 26.1 Å². The molecule has 1 aliphatic heterocycles. The molecule has 1 amide bonds. The molecule has 5 heteroatoms. The van der Waals surface area contributed by atoms with Gasteiger partial charge in [-0.15, -0.1) is 0 Å². The number of hydrogen-bond acceptors (Lipinski definition) is 3. The fraction of sp³-hybridized carbons (Fsp3) is 0.533. The molecule has 0 spiro atoms. The van der Waals surface area contributed by atoms with Crippen molar-refractivity contribution in [2.75, 3.05) is 25.0 Å². The minimum absolute atomic E-state index is 0.0356. The van der Waals surface area contributed by atoms with Crippen LogP contribution in [-0.2, 0) is 4.74 Å². The monoisotopic (exact) mass is 341 g/mol. The van der Waals surface area contributed by atoms with E-state index in [4.69, 9.17) is 9.47 Å². The van der Waals surface area contributed by atoms with Gasteiger partial charge in [0.2, 0.25) is 0 Å². The number of alkyl halides is 1. The summed E-state index contributed by atoms with van der Waals surface area (Å²) >= 11 is 3.40. The predicted octanol–water partition coefficient (Wildman–Crippen LogP) is 2.71. The van der Waals surface area contributed by atoms with Crippen molar-refractivity contribution in [2.24, 2.45) is 0 Å². The predicted molar refractivity (Wildman–Crippen MR) is 81.6 cm³/mol. The molecule has 20 heavy (non-hydrogen) atoms. The van der Waals surface area contributed by atoms with E-state index in [0.717, 1.165) is 11.1 Å². The van der Waals surface area contributed by atoms with Crippen molar-refractivity contribution >= 4 is 21.8 Å². The number of halogens is 1. The summed E-state index contributed by atoms with van der Waals surface area (Å²) in [5.41, 5.74) is 0.665. The van der Waals surface area contributed by atoms with Gasteiger partial charge >= 0.3 is 0 Å². The summed E-state index contributed by atoms with van der Waals surface area (Å²) in [6.45, 7) is 5.79. The Bertz CT molecular complexity index is 464. The minimum Gasteiger partial charge on any atom is -0.491 e. The maximum absolute atomic E-state index is 12.5. The largest absolute Gasteiger partial charge is 0.491 e. The van der Waals surface area contributed by atoms with E-state index in [9.17, 15) is 4.79 Å². The molecule has 2 rings (SSSR count). The highest BCUT2D eigenvalue weighted by atomic mass is 79.9. The van der Waals surface area contributed by atoms with Crippen molar-refractivity contribution in [1.29, 1.82) is 0 Å². The zero-order valence-corrected chi connectivity index (χ0v) is 13.4. The fourth-order valence-electron chi connectivity index (χ4n) is 2.15. The van der Waals surface area contributed by atoms with Crippen molar-refractivity contribution in [3.63, 3.8) is 0 Å². The van der Waals surface area contributed by atoms with Crippen LogP contribution in [0.25, 0.3) is 0 Å². The van der Waals surface area contributed by atoms with Crippen molar-refractivity contribution < 1.29 is 14.3 Å². The zero-order valence-electron chi connectivity index (χ0n) is 11.8. The second-order valence-electron chi connectivity index (χ2n) is 5.09. The van der Waals surface area contributed by atoms with Crippen LogP contribution in [0.4, 0.5) is 0 Å². The van der Waals surface area contributed by atoms with Crippen molar-refractivity contribution in [1.82, 2.24) is 4.90 Å². The third-order valence-corrected chi connectivity index (χ3v) is 3.77.